The second-order valence-corrected chi connectivity index (χ2v) is 4.54. The van der Waals surface area contributed by atoms with Gasteiger partial charge >= 0.3 is 5.69 Å². The third-order valence-corrected chi connectivity index (χ3v) is 2.29. The molecule has 0 spiro atoms. The fourth-order valence-corrected chi connectivity index (χ4v) is 1.43. The van der Waals surface area contributed by atoms with E-state index in [0.717, 1.165) is 11.4 Å². The Morgan fingerprint density at radius 1 is 1.47 bits per heavy atom. The van der Waals surface area contributed by atoms with Gasteiger partial charge in [-0.05, 0) is 40.2 Å². The maximum Gasteiger partial charge on any atom is 0.347 e. The van der Waals surface area contributed by atoms with Crippen LogP contribution in [0.25, 0.3) is 0 Å². The van der Waals surface area contributed by atoms with Crippen molar-refractivity contribution in [3.05, 3.63) is 27.9 Å². The van der Waals surface area contributed by atoms with Gasteiger partial charge in [-0.1, -0.05) is 0 Å². The number of aliphatic hydroxyl groups is 1. The Balaban J connectivity index is 2.91. The SMILES string of the molecule is Cc1cc(C)n(CCC(C)(C)O)c(=O)n1. The smallest absolute Gasteiger partial charge is 0.347 e. The molecule has 84 valence electrons. The number of aromatic nitrogens is 2. The summed E-state index contributed by atoms with van der Waals surface area (Å²) < 4.78 is 1.59. The molecule has 1 aromatic rings. The lowest BCUT2D eigenvalue weighted by atomic mass is 10.1. The number of hydrogen-bond acceptors (Lipinski definition) is 3. The van der Waals surface area contributed by atoms with Gasteiger partial charge < -0.3 is 5.11 Å². The highest BCUT2D eigenvalue weighted by Crippen LogP contribution is 2.09. The van der Waals surface area contributed by atoms with E-state index in [2.05, 4.69) is 4.98 Å². The van der Waals surface area contributed by atoms with Gasteiger partial charge in [-0.15, -0.1) is 0 Å². The molecule has 0 amide bonds. The average molecular weight is 210 g/mol. The van der Waals surface area contributed by atoms with Crippen molar-refractivity contribution in [2.45, 2.75) is 46.3 Å². The summed E-state index contributed by atoms with van der Waals surface area (Å²) in [7, 11) is 0. The molecule has 4 nitrogen and oxygen atoms in total. The summed E-state index contributed by atoms with van der Waals surface area (Å²) in [5.41, 5.74) is 0.627. The van der Waals surface area contributed by atoms with Crippen molar-refractivity contribution in [3.8, 4) is 0 Å². The molecule has 0 bridgehead atoms. The van der Waals surface area contributed by atoms with Crippen molar-refractivity contribution in [1.82, 2.24) is 9.55 Å². The minimum atomic E-state index is -0.753. The molecule has 1 rings (SSSR count). The predicted octanol–water partition coefficient (Wildman–Crippen LogP) is 1.02. The lowest BCUT2D eigenvalue weighted by Crippen LogP contribution is -2.29. The van der Waals surface area contributed by atoms with Crippen molar-refractivity contribution >= 4 is 0 Å². The standard InChI is InChI=1S/C11H18N2O2/c1-8-7-9(2)13(10(14)12-8)6-5-11(3,4)15/h7,15H,5-6H2,1-4H3. The molecular weight excluding hydrogens is 192 g/mol. The van der Waals surface area contributed by atoms with E-state index in [0.29, 0.717) is 13.0 Å². The van der Waals surface area contributed by atoms with Gasteiger partial charge in [0.25, 0.3) is 0 Å². The van der Waals surface area contributed by atoms with Gasteiger partial charge in [-0.2, -0.15) is 4.98 Å². The van der Waals surface area contributed by atoms with E-state index in [9.17, 15) is 9.90 Å². The molecule has 0 atom stereocenters. The molecule has 1 heterocycles. The highest BCUT2D eigenvalue weighted by Gasteiger charge is 2.13. The molecule has 4 heteroatoms. The van der Waals surface area contributed by atoms with Crippen LogP contribution in [0.4, 0.5) is 0 Å². The first-order valence-electron chi connectivity index (χ1n) is 5.07. The van der Waals surface area contributed by atoms with Gasteiger partial charge in [0, 0.05) is 17.9 Å². The lowest BCUT2D eigenvalue weighted by Gasteiger charge is -2.18. The molecule has 0 aliphatic carbocycles. The van der Waals surface area contributed by atoms with Crippen molar-refractivity contribution in [2.24, 2.45) is 0 Å². The molecule has 0 aliphatic rings. The largest absolute Gasteiger partial charge is 0.390 e. The molecule has 1 N–H and O–H groups in total. The molecule has 0 saturated heterocycles. The molecule has 0 fully saturated rings. The van der Waals surface area contributed by atoms with Gasteiger partial charge in [0.1, 0.15) is 0 Å². The minimum Gasteiger partial charge on any atom is -0.390 e. The first kappa shape index (κ1) is 11.9. The maximum absolute atomic E-state index is 11.5. The Kier molecular flexibility index (Phi) is 3.29. The fraction of sp³-hybridized carbons (Fsp3) is 0.636. The van der Waals surface area contributed by atoms with Crippen molar-refractivity contribution in [1.29, 1.82) is 0 Å². The normalized spacial score (nSPS) is 11.8. The molecule has 0 saturated carbocycles. The van der Waals surface area contributed by atoms with Crippen molar-refractivity contribution < 1.29 is 5.11 Å². The van der Waals surface area contributed by atoms with E-state index >= 15 is 0 Å². The Hall–Kier alpha value is -1.16. The van der Waals surface area contributed by atoms with Crippen LogP contribution in [0.3, 0.4) is 0 Å². The third kappa shape index (κ3) is 3.47. The minimum absolute atomic E-state index is 0.239. The summed E-state index contributed by atoms with van der Waals surface area (Å²) in [5.74, 6) is 0. The average Bonchev–Trinajstić information content (AvgIpc) is 1.99. The monoisotopic (exact) mass is 210 g/mol. The summed E-state index contributed by atoms with van der Waals surface area (Å²) in [4.78, 5) is 15.4. The topological polar surface area (TPSA) is 55.1 Å². The van der Waals surface area contributed by atoms with E-state index < -0.39 is 5.60 Å². The van der Waals surface area contributed by atoms with Crippen LogP contribution in [0.5, 0.6) is 0 Å². The molecule has 0 aliphatic heterocycles. The zero-order valence-electron chi connectivity index (χ0n) is 9.74. The van der Waals surface area contributed by atoms with E-state index in [-0.39, 0.29) is 5.69 Å². The summed E-state index contributed by atoms with van der Waals surface area (Å²) in [6, 6.07) is 1.87. The molecule has 0 radical (unpaired) electrons. The Bertz CT molecular complexity index is 402. The quantitative estimate of drug-likeness (QED) is 0.810. The van der Waals surface area contributed by atoms with Gasteiger partial charge in [0.05, 0.1) is 5.60 Å². The Morgan fingerprint density at radius 3 is 2.53 bits per heavy atom. The van der Waals surface area contributed by atoms with Crippen LogP contribution in [-0.4, -0.2) is 20.3 Å². The van der Waals surface area contributed by atoms with Gasteiger partial charge in [-0.3, -0.25) is 4.57 Å². The highest BCUT2D eigenvalue weighted by molar-refractivity contribution is 5.06. The van der Waals surface area contributed by atoms with Crippen LogP contribution >= 0.6 is 0 Å². The molecular formula is C11H18N2O2. The number of nitrogens with zero attached hydrogens (tertiary/aromatic N) is 2. The Labute approximate surface area is 89.6 Å². The lowest BCUT2D eigenvalue weighted by molar-refractivity contribution is 0.0656. The van der Waals surface area contributed by atoms with Crippen LogP contribution < -0.4 is 5.69 Å². The van der Waals surface area contributed by atoms with Crippen LogP contribution in [0.2, 0.25) is 0 Å². The van der Waals surface area contributed by atoms with Crippen LogP contribution in [0, 0.1) is 13.8 Å². The van der Waals surface area contributed by atoms with Crippen LogP contribution in [-0.2, 0) is 6.54 Å². The summed E-state index contributed by atoms with van der Waals surface area (Å²) >= 11 is 0. The van der Waals surface area contributed by atoms with Gasteiger partial charge in [0.15, 0.2) is 0 Å². The molecule has 0 aromatic carbocycles. The second-order valence-electron chi connectivity index (χ2n) is 4.54. The molecule has 0 unspecified atom stereocenters. The van der Waals surface area contributed by atoms with Crippen LogP contribution in [0.1, 0.15) is 31.7 Å². The Morgan fingerprint density at radius 2 is 2.07 bits per heavy atom. The number of aryl methyl sites for hydroxylation is 2. The predicted molar refractivity (Wildman–Crippen MR) is 58.9 cm³/mol. The van der Waals surface area contributed by atoms with Crippen LogP contribution in [0.15, 0.2) is 10.9 Å². The van der Waals surface area contributed by atoms with Crippen molar-refractivity contribution in [2.75, 3.05) is 0 Å². The maximum atomic E-state index is 11.5. The van der Waals surface area contributed by atoms with Gasteiger partial charge in [0.2, 0.25) is 0 Å². The number of hydrogen-bond donors (Lipinski definition) is 1. The van der Waals surface area contributed by atoms with E-state index in [1.54, 1.807) is 25.3 Å². The van der Waals surface area contributed by atoms with Gasteiger partial charge in [-0.25, -0.2) is 4.79 Å². The van der Waals surface area contributed by atoms with E-state index in [1.807, 2.05) is 13.0 Å². The second kappa shape index (κ2) is 4.14. The summed E-state index contributed by atoms with van der Waals surface area (Å²) in [6.45, 7) is 7.64. The van der Waals surface area contributed by atoms with Crippen molar-refractivity contribution in [3.63, 3.8) is 0 Å². The fourth-order valence-electron chi connectivity index (χ4n) is 1.43. The first-order chi connectivity index (χ1) is 6.79. The molecule has 1 aromatic heterocycles. The summed E-state index contributed by atoms with van der Waals surface area (Å²) in [5, 5.41) is 9.58. The first-order valence-corrected chi connectivity index (χ1v) is 5.07. The van der Waals surface area contributed by atoms with E-state index in [4.69, 9.17) is 0 Å². The zero-order valence-corrected chi connectivity index (χ0v) is 9.74. The molecule has 15 heavy (non-hydrogen) atoms. The summed E-state index contributed by atoms with van der Waals surface area (Å²) in [6.07, 6.45) is 0.540. The van der Waals surface area contributed by atoms with E-state index in [1.165, 1.54) is 0 Å². The third-order valence-electron chi connectivity index (χ3n) is 2.29. The zero-order chi connectivity index (χ0) is 11.6. The highest BCUT2D eigenvalue weighted by atomic mass is 16.3. The number of rotatable bonds is 3.